The third kappa shape index (κ3) is 4.93. The van der Waals surface area contributed by atoms with Gasteiger partial charge >= 0.3 is 0 Å². The van der Waals surface area contributed by atoms with E-state index >= 15 is 0 Å². The molecule has 3 aromatic heterocycles. The van der Waals surface area contributed by atoms with Gasteiger partial charge in [0.05, 0.1) is 17.6 Å². The number of hydrogen-bond acceptors (Lipinski definition) is 5. The largest absolute Gasteiger partial charge is 0.262 e. The van der Waals surface area contributed by atoms with Crippen molar-refractivity contribution in [2.45, 2.75) is 78.6 Å². The Balaban J connectivity index is 1.66. The summed E-state index contributed by atoms with van der Waals surface area (Å²) in [7, 11) is 0. The van der Waals surface area contributed by atoms with Crippen molar-refractivity contribution in [3.63, 3.8) is 0 Å². The summed E-state index contributed by atoms with van der Waals surface area (Å²) in [5.41, 5.74) is 3.21. The molecule has 0 saturated heterocycles. The van der Waals surface area contributed by atoms with Crippen LogP contribution in [0.5, 0.6) is 0 Å². The van der Waals surface area contributed by atoms with E-state index in [0.717, 1.165) is 41.1 Å². The van der Waals surface area contributed by atoms with Gasteiger partial charge in [-0.25, -0.2) is 19.3 Å². The summed E-state index contributed by atoms with van der Waals surface area (Å²) in [5, 5.41) is 9.63. The topological polar surface area (TPSA) is 74.3 Å². The predicted octanol–water partition coefficient (Wildman–Crippen LogP) is 5.96. The van der Waals surface area contributed by atoms with Crippen LogP contribution in [0.25, 0.3) is 11.4 Å². The second kappa shape index (κ2) is 9.87. The van der Waals surface area contributed by atoms with Crippen molar-refractivity contribution in [1.29, 1.82) is 0 Å². The molecule has 34 heavy (non-hydrogen) atoms. The van der Waals surface area contributed by atoms with Gasteiger partial charge in [-0.05, 0) is 36.2 Å². The zero-order valence-corrected chi connectivity index (χ0v) is 21.3. The van der Waals surface area contributed by atoms with Crippen LogP contribution in [-0.2, 0) is 6.42 Å². The molecule has 178 valence electrons. The Kier molecular flexibility index (Phi) is 6.91. The predicted molar refractivity (Wildman–Crippen MR) is 135 cm³/mol. The fourth-order valence-corrected chi connectivity index (χ4v) is 3.98. The van der Waals surface area contributed by atoms with Crippen LogP contribution in [-0.4, -0.2) is 34.5 Å². The van der Waals surface area contributed by atoms with E-state index in [-0.39, 0.29) is 23.7 Å². The first kappa shape index (κ1) is 23.8. The lowest BCUT2D eigenvalue weighted by Crippen LogP contribution is -2.10. The standard InChI is InChI=1S/C27H35N7/c1-17(2)24-29-26(19(5)6)33(31-24)22-11-8-10-21(15-22)14-20(7)27-30-25(18(3)4)32-34(27)23-12-9-13-28-16-23/h8-13,15-20H,14H2,1-7H3. The highest BCUT2D eigenvalue weighted by atomic mass is 15.4. The molecule has 4 aromatic rings. The molecule has 0 aliphatic rings. The lowest BCUT2D eigenvalue weighted by molar-refractivity contribution is 0.658. The summed E-state index contributed by atoms with van der Waals surface area (Å²) in [6.07, 6.45) is 4.45. The molecule has 1 aromatic carbocycles. The van der Waals surface area contributed by atoms with Crippen molar-refractivity contribution in [2.24, 2.45) is 0 Å². The summed E-state index contributed by atoms with van der Waals surface area (Å²) >= 11 is 0. The SMILES string of the molecule is CC(C)c1nc(C(C)C)n(-c2cccc(CC(C)c3nc(C(C)C)nn3-c3cccnc3)c2)n1. The van der Waals surface area contributed by atoms with E-state index in [1.54, 1.807) is 6.20 Å². The van der Waals surface area contributed by atoms with Crippen LogP contribution in [0.2, 0.25) is 0 Å². The maximum Gasteiger partial charge on any atom is 0.153 e. The zero-order valence-electron chi connectivity index (χ0n) is 21.3. The van der Waals surface area contributed by atoms with Crippen LogP contribution in [0, 0.1) is 0 Å². The quantitative estimate of drug-likeness (QED) is 0.326. The summed E-state index contributed by atoms with van der Waals surface area (Å²) in [5.74, 6) is 4.68. The van der Waals surface area contributed by atoms with E-state index in [1.807, 2.05) is 27.7 Å². The first-order valence-electron chi connectivity index (χ1n) is 12.2. The molecule has 3 heterocycles. The Labute approximate surface area is 202 Å². The zero-order chi connectivity index (χ0) is 24.4. The maximum atomic E-state index is 4.92. The van der Waals surface area contributed by atoms with Crippen molar-refractivity contribution in [3.05, 3.63) is 77.7 Å². The third-order valence-corrected chi connectivity index (χ3v) is 5.87. The number of pyridine rings is 1. The molecular weight excluding hydrogens is 422 g/mol. The molecular formula is C27H35N7. The van der Waals surface area contributed by atoms with Crippen molar-refractivity contribution in [1.82, 2.24) is 34.5 Å². The van der Waals surface area contributed by atoms with E-state index in [0.29, 0.717) is 0 Å². The molecule has 0 bridgehead atoms. The highest BCUT2D eigenvalue weighted by molar-refractivity contribution is 5.37. The van der Waals surface area contributed by atoms with Crippen LogP contribution < -0.4 is 0 Å². The van der Waals surface area contributed by atoms with Crippen LogP contribution in [0.15, 0.2) is 48.8 Å². The van der Waals surface area contributed by atoms with Crippen molar-refractivity contribution >= 4 is 0 Å². The first-order chi connectivity index (χ1) is 16.2. The van der Waals surface area contributed by atoms with Gasteiger partial charge in [0.2, 0.25) is 0 Å². The Morgan fingerprint density at radius 3 is 1.91 bits per heavy atom. The van der Waals surface area contributed by atoms with Gasteiger partial charge in [-0.1, -0.05) is 60.6 Å². The molecule has 4 rings (SSSR count). The molecule has 1 unspecified atom stereocenters. The fraction of sp³-hybridized carbons (Fsp3) is 0.444. The van der Waals surface area contributed by atoms with Gasteiger partial charge in [-0.15, -0.1) is 0 Å². The van der Waals surface area contributed by atoms with Crippen LogP contribution in [0.1, 0.15) is 101 Å². The van der Waals surface area contributed by atoms with Gasteiger partial charge in [0, 0.05) is 29.9 Å². The monoisotopic (exact) mass is 457 g/mol. The highest BCUT2D eigenvalue weighted by Crippen LogP contribution is 2.26. The minimum Gasteiger partial charge on any atom is -0.262 e. The smallest absolute Gasteiger partial charge is 0.153 e. The normalized spacial score (nSPS) is 12.8. The minimum absolute atomic E-state index is 0.169. The Morgan fingerprint density at radius 1 is 0.706 bits per heavy atom. The molecule has 0 saturated carbocycles. The second-order valence-corrected chi connectivity index (χ2v) is 9.93. The number of aromatic nitrogens is 7. The molecule has 0 radical (unpaired) electrons. The number of hydrogen-bond donors (Lipinski definition) is 0. The van der Waals surface area contributed by atoms with E-state index < -0.39 is 0 Å². The minimum atomic E-state index is 0.169. The Hall–Kier alpha value is -3.35. The summed E-state index contributed by atoms with van der Waals surface area (Å²) < 4.78 is 3.95. The van der Waals surface area contributed by atoms with E-state index in [2.05, 4.69) is 77.7 Å². The Morgan fingerprint density at radius 2 is 1.32 bits per heavy atom. The molecule has 7 nitrogen and oxygen atoms in total. The molecule has 0 amide bonds. The Bertz CT molecular complexity index is 1240. The van der Waals surface area contributed by atoms with Gasteiger partial charge < -0.3 is 0 Å². The average Bonchev–Trinajstić information content (AvgIpc) is 3.46. The average molecular weight is 458 g/mol. The summed E-state index contributed by atoms with van der Waals surface area (Å²) in [4.78, 5) is 14.0. The number of rotatable bonds is 8. The maximum absolute atomic E-state index is 4.92. The number of nitrogens with zero attached hydrogens (tertiary/aromatic N) is 7. The van der Waals surface area contributed by atoms with Crippen molar-refractivity contribution in [3.8, 4) is 11.4 Å². The van der Waals surface area contributed by atoms with Crippen LogP contribution >= 0.6 is 0 Å². The van der Waals surface area contributed by atoms with Gasteiger partial charge in [0.25, 0.3) is 0 Å². The molecule has 0 aliphatic heterocycles. The summed E-state index contributed by atoms with van der Waals surface area (Å²) in [6, 6.07) is 12.5. The van der Waals surface area contributed by atoms with Gasteiger partial charge in [0.15, 0.2) is 11.6 Å². The van der Waals surface area contributed by atoms with Crippen molar-refractivity contribution < 1.29 is 0 Å². The van der Waals surface area contributed by atoms with E-state index in [1.165, 1.54) is 5.56 Å². The van der Waals surface area contributed by atoms with E-state index in [9.17, 15) is 0 Å². The lowest BCUT2D eigenvalue weighted by atomic mass is 9.99. The fourth-order valence-electron chi connectivity index (χ4n) is 3.98. The lowest BCUT2D eigenvalue weighted by Gasteiger charge is -2.14. The highest BCUT2D eigenvalue weighted by Gasteiger charge is 2.21. The van der Waals surface area contributed by atoms with Gasteiger partial charge in [-0.3, -0.25) is 4.98 Å². The first-order valence-corrected chi connectivity index (χ1v) is 12.2. The molecule has 0 N–H and O–H groups in total. The third-order valence-electron chi connectivity index (χ3n) is 5.87. The molecule has 0 aliphatic carbocycles. The second-order valence-electron chi connectivity index (χ2n) is 9.93. The van der Waals surface area contributed by atoms with Gasteiger partial charge in [-0.2, -0.15) is 10.2 Å². The van der Waals surface area contributed by atoms with Crippen molar-refractivity contribution in [2.75, 3.05) is 0 Å². The molecule has 1 atom stereocenters. The molecule has 7 heteroatoms. The van der Waals surface area contributed by atoms with Crippen LogP contribution in [0.4, 0.5) is 0 Å². The van der Waals surface area contributed by atoms with Crippen LogP contribution in [0.3, 0.4) is 0 Å². The number of benzene rings is 1. The van der Waals surface area contributed by atoms with E-state index in [4.69, 9.17) is 20.2 Å². The molecule has 0 spiro atoms. The van der Waals surface area contributed by atoms with Gasteiger partial charge in [0.1, 0.15) is 11.6 Å². The molecule has 0 fully saturated rings. The summed E-state index contributed by atoms with van der Waals surface area (Å²) in [6.45, 7) is 15.0.